The van der Waals surface area contributed by atoms with Crippen LogP contribution in [0.15, 0.2) is 0 Å². The van der Waals surface area contributed by atoms with Gasteiger partial charge in [0.25, 0.3) is 0 Å². The van der Waals surface area contributed by atoms with E-state index in [0.717, 1.165) is 77.5 Å². The number of piperidine rings is 2. The van der Waals surface area contributed by atoms with Gasteiger partial charge in [0.2, 0.25) is 11.8 Å². The molecule has 2 heterocycles. The van der Waals surface area contributed by atoms with Crippen molar-refractivity contribution in [2.75, 3.05) is 26.2 Å². The van der Waals surface area contributed by atoms with Crippen LogP contribution in [0.3, 0.4) is 0 Å². The second-order valence-corrected chi connectivity index (χ2v) is 7.32. The summed E-state index contributed by atoms with van der Waals surface area (Å²) in [6.45, 7) is 3.80. The van der Waals surface area contributed by atoms with E-state index in [2.05, 4.69) is 9.80 Å². The van der Waals surface area contributed by atoms with Crippen LogP contribution in [-0.2, 0) is 9.59 Å². The Hall–Kier alpha value is -1.06. The topological polar surface area (TPSA) is 40.6 Å². The predicted octanol–water partition coefficient (Wildman–Crippen LogP) is 2.82. The third kappa shape index (κ3) is 3.64. The Labute approximate surface area is 134 Å². The van der Waals surface area contributed by atoms with Crippen LogP contribution < -0.4 is 0 Å². The van der Waals surface area contributed by atoms with Gasteiger partial charge in [-0.25, -0.2) is 0 Å². The molecule has 2 aliphatic heterocycles. The van der Waals surface area contributed by atoms with Gasteiger partial charge in [0, 0.05) is 38.0 Å². The molecule has 1 saturated carbocycles. The molecule has 3 rings (SSSR count). The molecule has 3 fully saturated rings. The van der Waals surface area contributed by atoms with Gasteiger partial charge in [-0.2, -0.15) is 0 Å². The van der Waals surface area contributed by atoms with Crippen molar-refractivity contribution in [2.45, 2.75) is 64.2 Å². The molecule has 0 radical (unpaired) electrons. The molecule has 0 aromatic heterocycles. The van der Waals surface area contributed by atoms with Crippen molar-refractivity contribution < 1.29 is 9.59 Å². The van der Waals surface area contributed by atoms with Gasteiger partial charge in [0.05, 0.1) is 0 Å². The standard InChI is InChI=1S/C18H30N2O2/c21-17(19-11-3-1-4-12-19)15-7-9-16(10-8-15)18(22)20-13-5-2-6-14-20/h15-16H,1-14H2. The minimum absolute atomic E-state index is 0.184. The third-order valence-electron chi connectivity index (χ3n) is 5.76. The fraction of sp³-hybridized carbons (Fsp3) is 0.889. The van der Waals surface area contributed by atoms with Crippen molar-refractivity contribution in [3.8, 4) is 0 Å². The van der Waals surface area contributed by atoms with E-state index in [1.54, 1.807) is 0 Å². The van der Waals surface area contributed by atoms with E-state index in [4.69, 9.17) is 0 Å². The van der Waals surface area contributed by atoms with Crippen molar-refractivity contribution in [1.29, 1.82) is 0 Å². The largest absolute Gasteiger partial charge is 0.342 e. The first kappa shape index (κ1) is 15.8. The Kier molecular flexibility index (Phi) is 5.37. The summed E-state index contributed by atoms with van der Waals surface area (Å²) in [7, 11) is 0. The van der Waals surface area contributed by atoms with Gasteiger partial charge >= 0.3 is 0 Å². The summed E-state index contributed by atoms with van der Waals surface area (Å²) in [6.07, 6.45) is 10.8. The van der Waals surface area contributed by atoms with Gasteiger partial charge in [-0.1, -0.05) is 0 Å². The molecular formula is C18H30N2O2. The van der Waals surface area contributed by atoms with Gasteiger partial charge in [-0.3, -0.25) is 9.59 Å². The highest BCUT2D eigenvalue weighted by Crippen LogP contribution is 2.32. The van der Waals surface area contributed by atoms with Crippen LogP contribution in [0.1, 0.15) is 64.2 Å². The number of carbonyl (C=O) groups is 2. The number of nitrogens with zero attached hydrogens (tertiary/aromatic N) is 2. The van der Waals surface area contributed by atoms with E-state index >= 15 is 0 Å². The van der Waals surface area contributed by atoms with E-state index < -0.39 is 0 Å². The number of hydrogen-bond donors (Lipinski definition) is 0. The zero-order chi connectivity index (χ0) is 15.4. The third-order valence-corrected chi connectivity index (χ3v) is 5.76. The maximum absolute atomic E-state index is 12.6. The SMILES string of the molecule is O=C(C1CCC(C(=O)N2CCCCC2)CC1)N1CCCCC1. The lowest BCUT2D eigenvalue weighted by Gasteiger charge is -2.36. The van der Waals surface area contributed by atoms with Crippen LogP contribution in [0.4, 0.5) is 0 Å². The molecule has 0 N–H and O–H groups in total. The molecule has 1 aliphatic carbocycles. The van der Waals surface area contributed by atoms with Crippen LogP contribution in [0, 0.1) is 11.8 Å². The number of hydrogen-bond acceptors (Lipinski definition) is 2. The Bertz CT molecular complexity index is 352. The van der Waals surface area contributed by atoms with Crippen LogP contribution >= 0.6 is 0 Å². The van der Waals surface area contributed by atoms with E-state index in [-0.39, 0.29) is 11.8 Å². The summed E-state index contributed by atoms with van der Waals surface area (Å²) in [5.41, 5.74) is 0. The van der Waals surface area contributed by atoms with Crippen molar-refractivity contribution in [2.24, 2.45) is 11.8 Å². The molecule has 3 aliphatic rings. The fourth-order valence-corrected chi connectivity index (χ4v) is 4.33. The smallest absolute Gasteiger partial charge is 0.225 e. The van der Waals surface area contributed by atoms with Crippen molar-refractivity contribution in [3.63, 3.8) is 0 Å². The maximum Gasteiger partial charge on any atom is 0.225 e. The molecule has 0 spiro atoms. The molecule has 0 aromatic carbocycles. The monoisotopic (exact) mass is 306 g/mol. The van der Waals surface area contributed by atoms with Crippen LogP contribution in [0.25, 0.3) is 0 Å². The highest BCUT2D eigenvalue weighted by molar-refractivity contribution is 5.81. The van der Waals surface area contributed by atoms with Crippen molar-refractivity contribution >= 4 is 11.8 Å². The van der Waals surface area contributed by atoms with E-state index in [0.29, 0.717) is 11.8 Å². The maximum atomic E-state index is 12.6. The molecule has 4 heteroatoms. The number of amides is 2. The lowest BCUT2D eigenvalue weighted by Crippen LogP contribution is -2.43. The molecule has 2 amide bonds. The number of rotatable bonds is 2. The van der Waals surface area contributed by atoms with Gasteiger partial charge < -0.3 is 9.80 Å². The van der Waals surface area contributed by atoms with Crippen LogP contribution in [0.5, 0.6) is 0 Å². The molecular weight excluding hydrogens is 276 g/mol. The molecule has 22 heavy (non-hydrogen) atoms. The quantitative estimate of drug-likeness (QED) is 0.787. The second kappa shape index (κ2) is 7.47. The number of carbonyl (C=O) groups excluding carboxylic acids is 2. The summed E-state index contributed by atoms with van der Waals surface area (Å²) >= 11 is 0. The summed E-state index contributed by atoms with van der Waals surface area (Å²) in [6, 6.07) is 0. The first-order valence-corrected chi connectivity index (χ1v) is 9.33. The Balaban J connectivity index is 1.47. The average Bonchev–Trinajstić information content (AvgIpc) is 2.62. The van der Waals surface area contributed by atoms with E-state index in [1.165, 1.54) is 12.8 Å². The average molecular weight is 306 g/mol. The normalized spacial score (nSPS) is 30.2. The second-order valence-electron chi connectivity index (χ2n) is 7.32. The van der Waals surface area contributed by atoms with E-state index in [1.807, 2.05) is 0 Å². The Morgan fingerprint density at radius 3 is 1.18 bits per heavy atom. The molecule has 2 saturated heterocycles. The van der Waals surface area contributed by atoms with Crippen molar-refractivity contribution in [3.05, 3.63) is 0 Å². The first-order chi connectivity index (χ1) is 10.8. The zero-order valence-electron chi connectivity index (χ0n) is 13.8. The lowest BCUT2D eigenvalue weighted by molar-refractivity contribution is -0.142. The number of likely N-dealkylation sites (tertiary alicyclic amines) is 2. The van der Waals surface area contributed by atoms with Crippen LogP contribution in [-0.4, -0.2) is 47.8 Å². The molecule has 0 atom stereocenters. The molecule has 0 bridgehead atoms. The Morgan fingerprint density at radius 1 is 0.545 bits per heavy atom. The van der Waals surface area contributed by atoms with Gasteiger partial charge in [0.15, 0.2) is 0 Å². The fourth-order valence-electron chi connectivity index (χ4n) is 4.33. The highest BCUT2D eigenvalue weighted by Gasteiger charge is 2.34. The summed E-state index contributed by atoms with van der Waals surface area (Å²) in [4.78, 5) is 29.3. The highest BCUT2D eigenvalue weighted by atomic mass is 16.2. The molecule has 0 unspecified atom stereocenters. The van der Waals surface area contributed by atoms with Crippen LogP contribution in [0.2, 0.25) is 0 Å². The minimum Gasteiger partial charge on any atom is -0.342 e. The summed E-state index contributed by atoms with van der Waals surface area (Å²) < 4.78 is 0. The predicted molar refractivity (Wildman–Crippen MR) is 86.3 cm³/mol. The molecule has 4 nitrogen and oxygen atoms in total. The van der Waals surface area contributed by atoms with Gasteiger partial charge in [-0.15, -0.1) is 0 Å². The summed E-state index contributed by atoms with van der Waals surface area (Å²) in [5, 5.41) is 0. The lowest BCUT2D eigenvalue weighted by atomic mass is 9.80. The first-order valence-electron chi connectivity index (χ1n) is 9.33. The molecule has 124 valence electrons. The molecule has 0 aromatic rings. The van der Waals surface area contributed by atoms with Gasteiger partial charge in [0.1, 0.15) is 0 Å². The zero-order valence-corrected chi connectivity index (χ0v) is 13.8. The van der Waals surface area contributed by atoms with Crippen molar-refractivity contribution in [1.82, 2.24) is 9.80 Å². The van der Waals surface area contributed by atoms with Gasteiger partial charge in [-0.05, 0) is 64.2 Å². The van der Waals surface area contributed by atoms with E-state index in [9.17, 15) is 9.59 Å². The Morgan fingerprint density at radius 2 is 0.864 bits per heavy atom. The summed E-state index contributed by atoms with van der Waals surface area (Å²) in [5.74, 6) is 1.10. The minimum atomic E-state index is 0.184.